The molecule has 1 atom stereocenters. The number of hydrogen-bond acceptors (Lipinski definition) is 3. The van der Waals surface area contributed by atoms with Gasteiger partial charge in [0.05, 0.1) is 11.6 Å². The standard InChI is InChI=1S/C12H18N4/c1-4-7-13-9(3)11-15-10-6-5-8(2)14-12(10)16-11/h5-6,9,13H,4,7H2,1-3H3,(H,14,15,16). The lowest BCUT2D eigenvalue weighted by Gasteiger charge is -2.09. The van der Waals surface area contributed by atoms with Crippen LogP contribution in [0.25, 0.3) is 11.2 Å². The molecule has 2 N–H and O–H groups in total. The number of nitrogens with zero attached hydrogens (tertiary/aromatic N) is 2. The number of fused-ring (bicyclic) bond motifs is 1. The van der Waals surface area contributed by atoms with E-state index in [-0.39, 0.29) is 6.04 Å². The fourth-order valence-corrected chi connectivity index (χ4v) is 1.67. The molecule has 0 amide bonds. The highest BCUT2D eigenvalue weighted by Crippen LogP contribution is 2.14. The van der Waals surface area contributed by atoms with E-state index in [2.05, 4.69) is 34.1 Å². The number of pyridine rings is 1. The number of hydrogen-bond donors (Lipinski definition) is 2. The SMILES string of the molecule is CCCNC(C)c1nc2nc(C)ccc2[nH]1. The van der Waals surface area contributed by atoms with Gasteiger partial charge in [-0.25, -0.2) is 9.97 Å². The molecule has 0 aliphatic rings. The molecule has 0 aromatic carbocycles. The Balaban J connectivity index is 2.25. The fraction of sp³-hybridized carbons (Fsp3) is 0.500. The van der Waals surface area contributed by atoms with E-state index in [1.54, 1.807) is 0 Å². The van der Waals surface area contributed by atoms with Gasteiger partial charge in [0.2, 0.25) is 0 Å². The molecule has 2 rings (SSSR count). The van der Waals surface area contributed by atoms with Gasteiger partial charge in [0.15, 0.2) is 5.65 Å². The highest BCUT2D eigenvalue weighted by molar-refractivity contribution is 5.70. The lowest BCUT2D eigenvalue weighted by Crippen LogP contribution is -2.20. The molecular weight excluding hydrogens is 200 g/mol. The fourth-order valence-electron chi connectivity index (χ4n) is 1.67. The maximum Gasteiger partial charge on any atom is 0.177 e. The third-order valence-corrected chi connectivity index (χ3v) is 2.61. The molecule has 1 unspecified atom stereocenters. The summed E-state index contributed by atoms with van der Waals surface area (Å²) in [7, 11) is 0. The van der Waals surface area contributed by atoms with E-state index in [0.717, 1.165) is 35.6 Å². The highest BCUT2D eigenvalue weighted by atomic mass is 15.0. The number of imidazole rings is 1. The van der Waals surface area contributed by atoms with E-state index in [1.165, 1.54) is 0 Å². The smallest absolute Gasteiger partial charge is 0.177 e. The zero-order valence-corrected chi connectivity index (χ0v) is 10.0. The summed E-state index contributed by atoms with van der Waals surface area (Å²) >= 11 is 0. The summed E-state index contributed by atoms with van der Waals surface area (Å²) in [6.45, 7) is 7.25. The van der Waals surface area contributed by atoms with Gasteiger partial charge in [-0.15, -0.1) is 0 Å². The van der Waals surface area contributed by atoms with E-state index in [4.69, 9.17) is 0 Å². The van der Waals surface area contributed by atoms with Crippen molar-refractivity contribution in [2.24, 2.45) is 0 Å². The van der Waals surface area contributed by atoms with Gasteiger partial charge in [-0.2, -0.15) is 0 Å². The summed E-state index contributed by atoms with van der Waals surface area (Å²) in [5, 5.41) is 3.40. The maximum atomic E-state index is 4.50. The largest absolute Gasteiger partial charge is 0.339 e. The van der Waals surface area contributed by atoms with Crippen LogP contribution in [0.1, 0.15) is 37.8 Å². The number of nitrogens with one attached hydrogen (secondary N) is 2. The Kier molecular flexibility index (Phi) is 3.19. The first-order chi connectivity index (χ1) is 7.70. The zero-order valence-electron chi connectivity index (χ0n) is 10.0. The molecule has 16 heavy (non-hydrogen) atoms. The van der Waals surface area contributed by atoms with Crippen molar-refractivity contribution >= 4 is 11.2 Å². The Hall–Kier alpha value is -1.42. The molecule has 0 radical (unpaired) electrons. The van der Waals surface area contributed by atoms with Crippen molar-refractivity contribution in [3.8, 4) is 0 Å². The van der Waals surface area contributed by atoms with Gasteiger partial charge in [-0.3, -0.25) is 0 Å². The second-order valence-electron chi connectivity index (χ2n) is 4.12. The van der Waals surface area contributed by atoms with E-state index in [1.807, 2.05) is 19.1 Å². The van der Waals surface area contributed by atoms with Crippen LogP contribution in [0.5, 0.6) is 0 Å². The number of aromatic nitrogens is 3. The number of rotatable bonds is 4. The van der Waals surface area contributed by atoms with Gasteiger partial charge in [-0.05, 0) is 38.9 Å². The summed E-state index contributed by atoms with van der Waals surface area (Å²) in [6.07, 6.45) is 1.13. The summed E-state index contributed by atoms with van der Waals surface area (Å²) in [6, 6.07) is 4.27. The van der Waals surface area contributed by atoms with Crippen molar-refractivity contribution in [3.05, 3.63) is 23.7 Å². The second kappa shape index (κ2) is 4.61. The van der Waals surface area contributed by atoms with Crippen molar-refractivity contribution in [2.75, 3.05) is 6.54 Å². The van der Waals surface area contributed by atoms with Crippen LogP contribution in [0.3, 0.4) is 0 Å². The van der Waals surface area contributed by atoms with Crippen LogP contribution in [0.4, 0.5) is 0 Å². The molecule has 2 aromatic rings. The van der Waals surface area contributed by atoms with Gasteiger partial charge in [0, 0.05) is 5.69 Å². The lowest BCUT2D eigenvalue weighted by molar-refractivity contribution is 0.550. The van der Waals surface area contributed by atoms with Crippen LogP contribution in [0, 0.1) is 6.92 Å². The Morgan fingerprint density at radius 3 is 2.94 bits per heavy atom. The maximum absolute atomic E-state index is 4.50. The van der Waals surface area contributed by atoms with Gasteiger partial charge in [-0.1, -0.05) is 6.92 Å². The predicted octanol–water partition coefficient (Wildman–Crippen LogP) is 2.33. The van der Waals surface area contributed by atoms with Crippen LogP contribution in [0.2, 0.25) is 0 Å². The molecule has 2 aromatic heterocycles. The zero-order chi connectivity index (χ0) is 11.5. The minimum Gasteiger partial charge on any atom is -0.339 e. The summed E-state index contributed by atoms with van der Waals surface area (Å²) in [5.74, 6) is 0.960. The van der Waals surface area contributed by atoms with Crippen LogP contribution in [0.15, 0.2) is 12.1 Å². The number of aromatic amines is 1. The second-order valence-corrected chi connectivity index (χ2v) is 4.12. The molecule has 0 aliphatic carbocycles. The third-order valence-electron chi connectivity index (χ3n) is 2.61. The molecule has 0 spiro atoms. The molecule has 4 heteroatoms. The monoisotopic (exact) mass is 218 g/mol. The topological polar surface area (TPSA) is 53.6 Å². The molecule has 0 fully saturated rings. The van der Waals surface area contributed by atoms with Crippen LogP contribution >= 0.6 is 0 Å². The Morgan fingerprint density at radius 1 is 1.38 bits per heavy atom. The Labute approximate surface area is 95.5 Å². The van der Waals surface area contributed by atoms with Crippen molar-refractivity contribution in [1.29, 1.82) is 0 Å². The highest BCUT2D eigenvalue weighted by Gasteiger charge is 2.10. The molecule has 0 bridgehead atoms. The predicted molar refractivity (Wildman–Crippen MR) is 65.3 cm³/mol. The van der Waals surface area contributed by atoms with Crippen LogP contribution in [-0.2, 0) is 0 Å². The molecule has 0 saturated carbocycles. The minimum absolute atomic E-state index is 0.245. The normalized spacial score (nSPS) is 13.2. The quantitative estimate of drug-likeness (QED) is 0.828. The van der Waals surface area contributed by atoms with Crippen molar-refractivity contribution in [3.63, 3.8) is 0 Å². The molecular formula is C12H18N4. The van der Waals surface area contributed by atoms with E-state index < -0.39 is 0 Å². The van der Waals surface area contributed by atoms with E-state index in [9.17, 15) is 0 Å². The molecule has 86 valence electrons. The Bertz CT molecular complexity index is 475. The minimum atomic E-state index is 0.245. The first kappa shape index (κ1) is 11.1. The molecule has 0 saturated heterocycles. The van der Waals surface area contributed by atoms with E-state index in [0.29, 0.717) is 0 Å². The number of aryl methyl sites for hydroxylation is 1. The Morgan fingerprint density at radius 2 is 2.19 bits per heavy atom. The van der Waals surface area contributed by atoms with E-state index >= 15 is 0 Å². The molecule has 4 nitrogen and oxygen atoms in total. The van der Waals surface area contributed by atoms with Crippen molar-refractivity contribution < 1.29 is 0 Å². The van der Waals surface area contributed by atoms with Gasteiger partial charge < -0.3 is 10.3 Å². The molecule has 2 heterocycles. The van der Waals surface area contributed by atoms with Gasteiger partial charge in [0.25, 0.3) is 0 Å². The summed E-state index contributed by atoms with van der Waals surface area (Å²) in [5.41, 5.74) is 2.81. The summed E-state index contributed by atoms with van der Waals surface area (Å²) < 4.78 is 0. The first-order valence-corrected chi connectivity index (χ1v) is 5.77. The average Bonchev–Trinajstić information content (AvgIpc) is 2.68. The average molecular weight is 218 g/mol. The summed E-state index contributed by atoms with van der Waals surface area (Å²) in [4.78, 5) is 12.2. The van der Waals surface area contributed by atoms with Crippen molar-refractivity contribution in [2.45, 2.75) is 33.2 Å². The van der Waals surface area contributed by atoms with Gasteiger partial charge >= 0.3 is 0 Å². The van der Waals surface area contributed by atoms with Crippen molar-refractivity contribution in [1.82, 2.24) is 20.3 Å². The number of H-pyrrole nitrogens is 1. The van der Waals surface area contributed by atoms with Gasteiger partial charge in [0.1, 0.15) is 5.82 Å². The van der Waals surface area contributed by atoms with Crippen LogP contribution < -0.4 is 5.32 Å². The third kappa shape index (κ3) is 2.22. The first-order valence-electron chi connectivity index (χ1n) is 5.77. The lowest BCUT2D eigenvalue weighted by atomic mass is 10.3. The molecule has 0 aliphatic heterocycles. The van der Waals surface area contributed by atoms with Crippen LogP contribution in [-0.4, -0.2) is 21.5 Å².